The second-order valence-electron chi connectivity index (χ2n) is 12.8. The molecule has 4 aromatic rings. The summed E-state index contributed by atoms with van der Waals surface area (Å²) in [4.78, 5) is 37.0. The molecule has 4 atom stereocenters. The first kappa shape index (κ1) is 29.3. The van der Waals surface area contributed by atoms with Crippen LogP contribution in [0.1, 0.15) is 87.1 Å². The van der Waals surface area contributed by atoms with E-state index in [0.717, 1.165) is 22.4 Å². The topological polar surface area (TPSA) is 140 Å². The van der Waals surface area contributed by atoms with E-state index in [1.165, 1.54) is 0 Å². The average Bonchev–Trinajstić information content (AvgIpc) is 3.79. The van der Waals surface area contributed by atoms with E-state index in [2.05, 4.69) is 21.7 Å². The predicted molar refractivity (Wildman–Crippen MR) is 166 cm³/mol. The summed E-state index contributed by atoms with van der Waals surface area (Å²) in [5.74, 6) is 0.960. The van der Waals surface area contributed by atoms with Crippen molar-refractivity contribution in [2.75, 3.05) is 5.32 Å². The SMILES string of the molecule is CCC(O)(CC)C(=O)CC1Cc2ccc3c(c2)C2(c4ccccc4N[C@H]2O3)c2oc(nc2-c2ncc(C)o2)[C@H](C(C)C)NC1=O. The van der Waals surface area contributed by atoms with E-state index >= 15 is 0 Å². The number of hydrogen-bond acceptors (Lipinski definition) is 9. The Balaban J connectivity index is 1.47. The maximum atomic E-state index is 14.1. The normalized spacial score (nSPS) is 23.4. The fraction of sp³-hybridized carbons (Fsp3) is 0.429. The number of aliphatic hydroxyl groups is 1. The van der Waals surface area contributed by atoms with Gasteiger partial charge in [0, 0.05) is 23.6 Å². The number of hydrogen-bond donors (Lipinski definition) is 3. The quantitative estimate of drug-likeness (QED) is 0.244. The minimum Gasteiger partial charge on any atom is -0.469 e. The third-order valence-electron chi connectivity index (χ3n) is 9.78. The maximum Gasteiger partial charge on any atom is 0.249 e. The fourth-order valence-electron chi connectivity index (χ4n) is 7.08. The minimum atomic E-state index is -1.48. The lowest BCUT2D eigenvalue weighted by atomic mass is 9.72. The summed E-state index contributed by atoms with van der Waals surface area (Å²) < 4.78 is 19.5. The van der Waals surface area contributed by atoms with Crippen molar-refractivity contribution in [3.05, 3.63) is 82.8 Å². The highest BCUT2D eigenvalue weighted by atomic mass is 16.5. The van der Waals surface area contributed by atoms with Crippen LogP contribution in [0.5, 0.6) is 5.75 Å². The zero-order chi connectivity index (χ0) is 31.7. The number of rotatable bonds is 7. The number of carbonyl (C=O) groups is 2. The van der Waals surface area contributed by atoms with Gasteiger partial charge in [0.15, 0.2) is 23.5 Å². The highest BCUT2D eigenvalue weighted by molar-refractivity contribution is 5.92. The van der Waals surface area contributed by atoms with Gasteiger partial charge in [-0.3, -0.25) is 9.59 Å². The summed E-state index contributed by atoms with van der Waals surface area (Å²) in [6.07, 6.45) is 1.85. The summed E-state index contributed by atoms with van der Waals surface area (Å²) in [5.41, 5.74) is 1.60. The van der Waals surface area contributed by atoms with Gasteiger partial charge in [-0.05, 0) is 55.4 Å². The number of carbonyl (C=O) groups excluding carboxylic acids is 2. The molecule has 5 heterocycles. The van der Waals surface area contributed by atoms with Crippen LogP contribution in [0.2, 0.25) is 0 Å². The van der Waals surface area contributed by atoms with Crippen LogP contribution in [0.25, 0.3) is 11.6 Å². The van der Waals surface area contributed by atoms with Gasteiger partial charge < -0.3 is 29.3 Å². The van der Waals surface area contributed by atoms with Crippen molar-refractivity contribution in [1.82, 2.24) is 15.3 Å². The van der Waals surface area contributed by atoms with Crippen molar-refractivity contribution in [2.24, 2.45) is 11.8 Å². The molecule has 2 aromatic heterocycles. The lowest BCUT2D eigenvalue weighted by Crippen LogP contribution is -2.43. The molecule has 0 fully saturated rings. The molecular weight excluding hydrogens is 572 g/mol. The molecular formula is C35H38N4O6. The zero-order valence-electron chi connectivity index (χ0n) is 26.1. The smallest absolute Gasteiger partial charge is 0.249 e. The van der Waals surface area contributed by atoms with E-state index in [0.29, 0.717) is 41.2 Å². The van der Waals surface area contributed by atoms with E-state index < -0.39 is 29.2 Å². The molecule has 10 nitrogen and oxygen atoms in total. The molecule has 4 bridgehead atoms. The monoisotopic (exact) mass is 610 g/mol. The minimum absolute atomic E-state index is 0.0990. The third-order valence-corrected chi connectivity index (χ3v) is 9.78. The van der Waals surface area contributed by atoms with E-state index in [4.69, 9.17) is 18.6 Å². The number of nitrogens with one attached hydrogen (secondary N) is 2. The number of para-hydroxylation sites is 1. The molecule has 2 unspecified atom stereocenters. The molecule has 10 heteroatoms. The number of ketones is 1. The van der Waals surface area contributed by atoms with Crippen LogP contribution in [-0.4, -0.2) is 38.6 Å². The van der Waals surface area contributed by atoms with Crippen LogP contribution in [-0.2, 0) is 21.4 Å². The largest absolute Gasteiger partial charge is 0.469 e. The molecule has 3 N–H and O–H groups in total. The number of fused-ring (bicyclic) bond motifs is 4. The number of amides is 1. The molecule has 3 aliphatic heterocycles. The molecule has 0 saturated carbocycles. The second kappa shape index (κ2) is 10.6. The predicted octanol–water partition coefficient (Wildman–Crippen LogP) is 5.61. The van der Waals surface area contributed by atoms with Gasteiger partial charge in [0.25, 0.3) is 0 Å². The second-order valence-corrected chi connectivity index (χ2v) is 12.8. The molecule has 2 aromatic carbocycles. The van der Waals surface area contributed by atoms with Crippen LogP contribution < -0.4 is 15.4 Å². The summed E-state index contributed by atoms with van der Waals surface area (Å²) in [5, 5.41) is 17.8. The molecule has 1 amide bonds. The van der Waals surface area contributed by atoms with Gasteiger partial charge in [-0.25, -0.2) is 9.97 Å². The van der Waals surface area contributed by atoms with E-state index in [1.807, 2.05) is 57.2 Å². The molecule has 0 aliphatic carbocycles. The van der Waals surface area contributed by atoms with Crippen molar-refractivity contribution >= 4 is 17.4 Å². The molecule has 7 rings (SSSR count). The Morgan fingerprint density at radius 1 is 1.11 bits per heavy atom. The van der Waals surface area contributed by atoms with E-state index in [9.17, 15) is 14.7 Å². The number of nitrogens with zero attached hydrogens (tertiary/aromatic N) is 2. The first-order valence-corrected chi connectivity index (χ1v) is 15.7. The Bertz CT molecular complexity index is 1800. The fourth-order valence-corrected chi connectivity index (χ4v) is 7.08. The molecule has 3 aliphatic rings. The van der Waals surface area contributed by atoms with Crippen LogP contribution in [0.3, 0.4) is 0 Å². The van der Waals surface area contributed by atoms with Gasteiger partial charge in [-0.15, -0.1) is 0 Å². The summed E-state index contributed by atoms with van der Waals surface area (Å²) in [6.45, 7) is 9.36. The number of ether oxygens (including phenoxy) is 1. The summed E-state index contributed by atoms with van der Waals surface area (Å²) >= 11 is 0. The van der Waals surface area contributed by atoms with Gasteiger partial charge in [0.1, 0.15) is 28.6 Å². The number of anilines is 1. The van der Waals surface area contributed by atoms with Crippen molar-refractivity contribution in [1.29, 1.82) is 0 Å². The van der Waals surface area contributed by atoms with Crippen LogP contribution in [0.15, 0.2) is 57.5 Å². The molecule has 45 heavy (non-hydrogen) atoms. The van der Waals surface area contributed by atoms with Gasteiger partial charge in [-0.1, -0.05) is 58.0 Å². The molecule has 1 spiro atoms. The van der Waals surface area contributed by atoms with Gasteiger partial charge in [-0.2, -0.15) is 0 Å². The Morgan fingerprint density at radius 2 is 1.89 bits per heavy atom. The Morgan fingerprint density at radius 3 is 2.60 bits per heavy atom. The van der Waals surface area contributed by atoms with E-state index in [1.54, 1.807) is 20.0 Å². The maximum absolute atomic E-state index is 14.1. The van der Waals surface area contributed by atoms with Crippen LogP contribution >= 0.6 is 0 Å². The Kier molecular flexibility index (Phi) is 6.88. The average molecular weight is 611 g/mol. The van der Waals surface area contributed by atoms with E-state index in [-0.39, 0.29) is 36.9 Å². The third kappa shape index (κ3) is 4.40. The number of aromatic nitrogens is 2. The van der Waals surface area contributed by atoms with Crippen molar-refractivity contribution in [3.63, 3.8) is 0 Å². The zero-order valence-corrected chi connectivity index (χ0v) is 26.1. The van der Waals surface area contributed by atoms with Crippen LogP contribution in [0.4, 0.5) is 5.69 Å². The van der Waals surface area contributed by atoms with Gasteiger partial charge in [0.2, 0.25) is 17.7 Å². The van der Waals surface area contributed by atoms with Gasteiger partial charge >= 0.3 is 0 Å². The Labute approximate surface area is 261 Å². The summed E-state index contributed by atoms with van der Waals surface area (Å²) in [6, 6.07) is 13.3. The first-order chi connectivity index (χ1) is 21.6. The molecule has 0 saturated heterocycles. The van der Waals surface area contributed by atoms with Crippen molar-refractivity contribution in [2.45, 2.75) is 83.6 Å². The first-order valence-electron chi connectivity index (χ1n) is 15.7. The standard InChI is InChI=1S/C35H38N4O6/c1-6-34(42,7-2)26(40)16-21-14-20-12-13-25-23(15-20)35(22-10-8-9-11-24(22)37-33(35)44-25)29-28(31-36-17-19(5)43-31)39-32(45-29)27(18(3)4)38-30(21)41/h8-13,15,17-18,21,27,33,37,42H,6-7,14,16H2,1-5H3,(H,38,41)/t21?,27-,33-,35?/m0/s1. The number of benzene rings is 2. The highest BCUT2D eigenvalue weighted by Crippen LogP contribution is 2.59. The number of Topliss-reactive ketones (excluding diaryl/α,β-unsaturated/α-hetero) is 1. The van der Waals surface area contributed by atoms with Crippen molar-refractivity contribution < 1.29 is 28.3 Å². The Hall–Kier alpha value is -4.44. The lowest BCUT2D eigenvalue weighted by molar-refractivity contribution is -0.141. The molecule has 234 valence electrons. The molecule has 0 radical (unpaired) electrons. The van der Waals surface area contributed by atoms with Crippen LogP contribution in [0, 0.1) is 18.8 Å². The highest BCUT2D eigenvalue weighted by Gasteiger charge is 2.61. The number of oxazole rings is 2. The van der Waals surface area contributed by atoms with Gasteiger partial charge in [0.05, 0.1) is 6.20 Å². The summed E-state index contributed by atoms with van der Waals surface area (Å²) in [7, 11) is 0. The number of aryl methyl sites for hydroxylation is 1. The lowest BCUT2D eigenvalue weighted by Gasteiger charge is -2.29. The van der Waals surface area contributed by atoms with Crippen molar-refractivity contribution in [3.8, 4) is 17.3 Å².